The van der Waals surface area contributed by atoms with Crippen LogP contribution in [0.15, 0.2) is 0 Å². The van der Waals surface area contributed by atoms with E-state index in [1.165, 1.54) is 12.8 Å². The van der Waals surface area contributed by atoms with Crippen LogP contribution in [0.3, 0.4) is 0 Å². The second kappa shape index (κ2) is 7.67. The van der Waals surface area contributed by atoms with Crippen molar-refractivity contribution in [3.8, 4) is 0 Å². The normalized spacial score (nSPS) is 22.5. The quantitative estimate of drug-likeness (QED) is 0.715. The molecular weight excluding hydrogens is 216 g/mol. The molecule has 1 heterocycles. The summed E-state index contributed by atoms with van der Waals surface area (Å²) in [5, 5.41) is 3.39. The standard InChI is InChI=1S/C13H26N2O2/c1-4-7-12(13(16)17-5-2)15(3)11-8-6-9-14-10-11/h11-12,14H,4-10H2,1-3H3. The summed E-state index contributed by atoms with van der Waals surface area (Å²) in [6.45, 7) is 6.52. The summed E-state index contributed by atoms with van der Waals surface area (Å²) >= 11 is 0. The summed E-state index contributed by atoms with van der Waals surface area (Å²) in [5.74, 6) is -0.0672. The minimum absolute atomic E-state index is 0.0672. The van der Waals surface area contributed by atoms with E-state index in [1.807, 2.05) is 6.92 Å². The Kier molecular flexibility index (Phi) is 6.52. The molecule has 0 aromatic heterocycles. The van der Waals surface area contributed by atoms with Crippen molar-refractivity contribution in [2.75, 3.05) is 26.7 Å². The Morgan fingerprint density at radius 1 is 1.53 bits per heavy atom. The number of esters is 1. The first-order valence-corrected chi connectivity index (χ1v) is 6.80. The van der Waals surface area contributed by atoms with E-state index in [0.717, 1.165) is 25.9 Å². The second-order valence-corrected chi connectivity index (χ2v) is 4.72. The number of carbonyl (C=O) groups is 1. The molecule has 1 rings (SSSR count). The van der Waals surface area contributed by atoms with Gasteiger partial charge in [0.1, 0.15) is 6.04 Å². The van der Waals surface area contributed by atoms with Crippen LogP contribution in [0.25, 0.3) is 0 Å². The molecule has 0 aromatic rings. The molecule has 1 saturated heterocycles. The predicted octanol–water partition coefficient (Wildman–Crippen LogP) is 1.40. The summed E-state index contributed by atoms with van der Waals surface area (Å²) in [6, 6.07) is 0.384. The van der Waals surface area contributed by atoms with Gasteiger partial charge in [0.25, 0.3) is 0 Å². The van der Waals surface area contributed by atoms with E-state index in [2.05, 4.69) is 24.2 Å². The van der Waals surface area contributed by atoms with Crippen molar-refractivity contribution in [2.24, 2.45) is 0 Å². The van der Waals surface area contributed by atoms with E-state index in [0.29, 0.717) is 12.6 Å². The number of hydrogen-bond donors (Lipinski definition) is 1. The summed E-state index contributed by atoms with van der Waals surface area (Å²) in [6.07, 6.45) is 4.25. The molecule has 2 atom stereocenters. The molecule has 0 radical (unpaired) electrons. The first kappa shape index (κ1) is 14.5. The largest absolute Gasteiger partial charge is 0.465 e. The Morgan fingerprint density at radius 3 is 2.82 bits per heavy atom. The third-order valence-electron chi connectivity index (χ3n) is 3.46. The molecule has 0 bridgehead atoms. The molecule has 0 aromatic carbocycles. The van der Waals surface area contributed by atoms with Crippen LogP contribution in [-0.4, -0.2) is 49.7 Å². The number of piperidine rings is 1. The van der Waals surface area contributed by atoms with Gasteiger partial charge in [0.2, 0.25) is 0 Å². The number of rotatable bonds is 6. The highest BCUT2D eigenvalue weighted by molar-refractivity contribution is 5.75. The maximum absolute atomic E-state index is 11.9. The first-order chi connectivity index (χ1) is 8.20. The van der Waals surface area contributed by atoms with Crippen LogP contribution in [0, 0.1) is 0 Å². The van der Waals surface area contributed by atoms with Crippen LogP contribution in [0.5, 0.6) is 0 Å². The lowest BCUT2D eigenvalue weighted by Gasteiger charge is -2.36. The monoisotopic (exact) mass is 242 g/mol. The second-order valence-electron chi connectivity index (χ2n) is 4.72. The average molecular weight is 242 g/mol. The van der Waals surface area contributed by atoms with Gasteiger partial charge in [0.15, 0.2) is 0 Å². The van der Waals surface area contributed by atoms with Crippen molar-refractivity contribution in [2.45, 2.75) is 51.6 Å². The van der Waals surface area contributed by atoms with Crippen molar-refractivity contribution in [1.29, 1.82) is 0 Å². The molecular formula is C13H26N2O2. The zero-order valence-corrected chi connectivity index (χ0v) is 11.4. The smallest absolute Gasteiger partial charge is 0.323 e. The van der Waals surface area contributed by atoms with Gasteiger partial charge in [-0.1, -0.05) is 13.3 Å². The number of nitrogens with zero attached hydrogens (tertiary/aromatic N) is 1. The fraction of sp³-hybridized carbons (Fsp3) is 0.923. The highest BCUT2D eigenvalue weighted by atomic mass is 16.5. The third-order valence-corrected chi connectivity index (χ3v) is 3.46. The van der Waals surface area contributed by atoms with E-state index in [4.69, 9.17) is 4.74 Å². The predicted molar refractivity (Wildman–Crippen MR) is 69.0 cm³/mol. The van der Waals surface area contributed by atoms with Crippen molar-refractivity contribution < 1.29 is 9.53 Å². The van der Waals surface area contributed by atoms with Gasteiger partial charge in [0.05, 0.1) is 6.61 Å². The molecule has 0 spiro atoms. The summed E-state index contributed by atoms with van der Waals surface area (Å²) in [5.41, 5.74) is 0. The molecule has 17 heavy (non-hydrogen) atoms. The molecule has 4 heteroatoms. The maximum Gasteiger partial charge on any atom is 0.323 e. The SMILES string of the molecule is CCCC(C(=O)OCC)N(C)C1CCCNC1. The van der Waals surface area contributed by atoms with Gasteiger partial charge in [-0.3, -0.25) is 9.69 Å². The van der Waals surface area contributed by atoms with Gasteiger partial charge in [-0.2, -0.15) is 0 Å². The number of ether oxygens (including phenoxy) is 1. The van der Waals surface area contributed by atoms with Crippen molar-refractivity contribution >= 4 is 5.97 Å². The Hall–Kier alpha value is -0.610. The zero-order valence-electron chi connectivity index (χ0n) is 11.4. The van der Waals surface area contributed by atoms with Gasteiger partial charge in [0, 0.05) is 12.6 Å². The molecule has 1 fully saturated rings. The van der Waals surface area contributed by atoms with Crippen molar-refractivity contribution in [1.82, 2.24) is 10.2 Å². The van der Waals surface area contributed by atoms with Crippen molar-refractivity contribution in [3.63, 3.8) is 0 Å². The Morgan fingerprint density at radius 2 is 2.29 bits per heavy atom. The van der Waals surface area contributed by atoms with Gasteiger partial charge in [-0.05, 0) is 39.8 Å². The van der Waals surface area contributed by atoms with Crippen LogP contribution in [-0.2, 0) is 9.53 Å². The minimum atomic E-state index is -0.0788. The summed E-state index contributed by atoms with van der Waals surface area (Å²) in [7, 11) is 2.05. The van der Waals surface area contributed by atoms with Crippen LogP contribution in [0.1, 0.15) is 39.5 Å². The third kappa shape index (κ3) is 4.28. The highest BCUT2D eigenvalue weighted by Gasteiger charge is 2.29. The lowest BCUT2D eigenvalue weighted by molar-refractivity contribution is -0.150. The lowest BCUT2D eigenvalue weighted by Crippen LogP contribution is -2.51. The number of nitrogens with one attached hydrogen (secondary N) is 1. The fourth-order valence-corrected chi connectivity index (χ4v) is 2.44. The van der Waals surface area contributed by atoms with E-state index in [1.54, 1.807) is 0 Å². The van der Waals surface area contributed by atoms with E-state index < -0.39 is 0 Å². The highest BCUT2D eigenvalue weighted by Crippen LogP contribution is 2.16. The first-order valence-electron chi connectivity index (χ1n) is 6.80. The topological polar surface area (TPSA) is 41.6 Å². The maximum atomic E-state index is 11.9. The fourth-order valence-electron chi connectivity index (χ4n) is 2.44. The molecule has 1 aliphatic heterocycles. The van der Waals surface area contributed by atoms with Gasteiger partial charge in [-0.25, -0.2) is 0 Å². The van der Waals surface area contributed by atoms with Gasteiger partial charge in [-0.15, -0.1) is 0 Å². The van der Waals surface area contributed by atoms with Crippen LogP contribution >= 0.6 is 0 Å². The Bertz CT molecular complexity index is 227. The summed E-state index contributed by atoms with van der Waals surface area (Å²) < 4.78 is 5.17. The number of hydrogen-bond acceptors (Lipinski definition) is 4. The molecule has 1 aliphatic rings. The number of carbonyl (C=O) groups excluding carboxylic acids is 1. The molecule has 1 N–H and O–H groups in total. The van der Waals surface area contributed by atoms with Gasteiger partial charge < -0.3 is 10.1 Å². The number of likely N-dealkylation sites (N-methyl/N-ethyl adjacent to an activating group) is 1. The van der Waals surface area contributed by atoms with Crippen LogP contribution in [0.4, 0.5) is 0 Å². The Labute approximate surface area is 105 Å². The van der Waals surface area contributed by atoms with E-state index in [9.17, 15) is 4.79 Å². The zero-order chi connectivity index (χ0) is 12.7. The van der Waals surface area contributed by atoms with Crippen LogP contribution in [0.2, 0.25) is 0 Å². The molecule has 100 valence electrons. The lowest BCUT2D eigenvalue weighted by atomic mass is 10.0. The van der Waals surface area contributed by atoms with E-state index >= 15 is 0 Å². The minimum Gasteiger partial charge on any atom is -0.465 e. The molecule has 4 nitrogen and oxygen atoms in total. The van der Waals surface area contributed by atoms with Gasteiger partial charge >= 0.3 is 5.97 Å². The van der Waals surface area contributed by atoms with E-state index in [-0.39, 0.29) is 12.0 Å². The molecule has 0 saturated carbocycles. The van der Waals surface area contributed by atoms with Crippen LogP contribution < -0.4 is 5.32 Å². The molecule has 2 unspecified atom stereocenters. The molecule has 0 aliphatic carbocycles. The Balaban J connectivity index is 2.57. The average Bonchev–Trinajstić information content (AvgIpc) is 2.36. The molecule has 0 amide bonds. The summed E-state index contributed by atoms with van der Waals surface area (Å²) in [4.78, 5) is 14.1. The van der Waals surface area contributed by atoms with Crippen molar-refractivity contribution in [3.05, 3.63) is 0 Å².